The van der Waals surface area contributed by atoms with Gasteiger partial charge in [0.25, 0.3) is 0 Å². The van der Waals surface area contributed by atoms with Crippen LogP contribution >= 0.6 is 0 Å². The van der Waals surface area contributed by atoms with E-state index in [4.69, 9.17) is 13.7 Å². The Bertz CT molecular complexity index is 1060. The minimum absolute atomic E-state index is 0.518. The SMILES string of the molecule is CC(C)OC(=O)[C@H](C)NS(=O)(=O)Oc1ccccc1Oc1c(F)c(F)c(F)c(F)c1F. The van der Waals surface area contributed by atoms with Crippen molar-refractivity contribution in [1.82, 2.24) is 4.72 Å². The zero-order valence-electron chi connectivity index (χ0n) is 16.2. The normalized spacial score (nSPS) is 12.5. The van der Waals surface area contributed by atoms with Gasteiger partial charge in [-0.2, -0.15) is 21.9 Å². The van der Waals surface area contributed by atoms with Crippen molar-refractivity contribution in [3.05, 3.63) is 53.4 Å². The van der Waals surface area contributed by atoms with E-state index in [1.54, 1.807) is 13.8 Å². The second-order valence-electron chi connectivity index (χ2n) is 6.31. The average Bonchev–Trinajstić information content (AvgIpc) is 2.68. The fourth-order valence-corrected chi connectivity index (χ4v) is 3.08. The highest BCUT2D eigenvalue weighted by Crippen LogP contribution is 2.37. The summed E-state index contributed by atoms with van der Waals surface area (Å²) in [6, 6.07) is 3.04. The number of carbonyl (C=O) groups excluding carboxylic acids is 1. The first-order valence-corrected chi connectivity index (χ1v) is 9.95. The van der Waals surface area contributed by atoms with E-state index in [1.165, 1.54) is 19.1 Å². The third-order valence-electron chi connectivity index (χ3n) is 3.46. The third-order valence-corrected chi connectivity index (χ3v) is 4.50. The lowest BCUT2D eigenvalue weighted by Crippen LogP contribution is -2.42. The standard InChI is InChI=1S/C18H16F5NO6S/c1-8(2)28-18(25)9(3)24-31(26,27)30-11-7-5-4-6-10(11)29-17-15(22)13(20)12(19)14(21)16(17)23/h4-9,24H,1-3H3/t9-/m0/s1. The summed E-state index contributed by atoms with van der Waals surface area (Å²) in [5.74, 6) is -15.3. The molecule has 1 N–H and O–H groups in total. The van der Waals surface area contributed by atoms with E-state index in [1.807, 2.05) is 4.72 Å². The molecule has 0 bridgehead atoms. The smallest absolute Gasteiger partial charge is 0.383 e. The number of esters is 1. The molecule has 170 valence electrons. The first-order chi connectivity index (χ1) is 14.3. The van der Waals surface area contributed by atoms with Gasteiger partial charge in [-0.25, -0.2) is 13.2 Å². The van der Waals surface area contributed by atoms with E-state index in [0.29, 0.717) is 0 Å². The molecule has 1 atom stereocenters. The highest BCUT2D eigenvalue weighted by molar-refractivity contribution is 7.85. The zero-order valence-corrected chi connectivity index (χ0v) is 17.0. The number of hydrogen-bond acceptors (Lipinski definition) is 6. The van der Waals surface area contributed by atoms with E-state index in [0.717, 1.165) is 12.1 Å². The minimum Gasteiger partial charge on any atom is -0.462 e. The second-order valence-corrected chi connectivity index (χ2v) is 7.62. The van der Waals surface area contributed by atoms with Gasteiger partial charge in [-0.1, -0.05) is 12.1 Å². The van der Waals surface area contributed by atoms with Gasteiger partial charge in [0.05, 0.1) is 6.10 Å². The lowest BCUT2D eigenvalue weighted by molar-refractivity contribution is -0.148. The van der Waals surface area contributed by atoms with Gasteiger partial charge < -0.3 is 13.7 Å². The Labute approximate surface area is 174 Å². The Morgan fingerprint density at radius 1 is 0.871 bits per heavy atom. The van der Waals surface area contributed by atoms with Crippen molar-refractivity contribution in [3.63, 3.8) is 0 Å². The average molecular weight is 469 g/mol. The molecule has 0 radical (unpaired) electrons. The van der Waals surface area contributed by atoms with Gasteiger partial charge in [-0.3, -0.25) is 4.79 Å². The molecule has 0 aliphatic rings. The quantitative estimate of drug-likeness (QED) is 0.274. The molecule has 7 nitrogen and oxygen atoms in total. The molecule has 0 fully saturated rings. The van der Waals surface area contributed by atoms with Crippen LogP contribution in [-0.4, -0.2) is 26.5 Å². The number of hydrogen-bond donors (Lipinski definition) is 1. The summed E-state index contributed by atoms with van der Waals surface area (Å²) >= 11 is 0. The predicted octanol–water partition coefficient (Wildman–Crippen LogP) is 3.73. The van der Waals surface area contributed by atoms with Crippen LogP contribution in [0.15, 0.2) is 24.3 Å². The van der Waals surface area contributed by atoms with Crippen LogP contribution < -0.4 is 13.6 Å². The molecule has 13 heteroatoms. The van der Waals surface area contributed by atoms with Crippen LogP contribution in [-0.2, 0) is 19.8 Å². The van der Waals surface area contributed by atoms with Crippen LogP contribution in [0.3, 0.4) is 0 Å². The van der Waals surface area contributed by atoms with Crippen LogP contribution in [0.25, 0.3) is 0 Å². The summed E-state index contributed by atoms with van der Waals surface area (Å²) < 4.78 is 108. The molecule has 0 aliphatic carbocycles. The summed E-state index contributed by atoms with van der Waals surface area (Å²) in [7, 11) is -4.70. The van der Waals surface area contributed by atoms with Crippen molar-refractivity contribution in [3.8, 4) is 17.2 Å². The third kappa shape index (κ3) is 5.82. The Morgan fingerprint density at radius 3 is 1.87 bits per heavy atom. The fourth-order valence-electron chi connectivity index (χ4n) is 2.13. The topological polar surface area (TPSA) is 90.9 Å². The van der Waals surface area contributed by atoms with Gasteiger partial charge in [0.2, 0.25) is 34.8 Å². The van der Waals surface area contributed by atoms with E-state index in [2.05, 4.69) is 0 Å². The van der Waals surface area contributed by atoms with Crippen LogP contribution in [0.5, 0.6) is 17.2 Å². The number of para-hydroxylation sites is 2. The predicted molar refractivity (Wildman–Crippen MR) is 96.1 cm³/mol. The molecule has 2 aromatic rings. The molecule has 0 saturated carbocycles. The Kier molecular flexibility index (Phi) is 7.44. The molecule has 0 heterocycles. The monoisotopic (exact) mass is 469 g/mol. The van der Waals surface area contributed by atoms with Crippen molar-refractivity contribution in [2.45, 2.75) is 32.9 Å². The molecule has 0 saturated heterocycles. The van der Waals surface area contributed by atoms with Gasteiger partial charge >= 0.3 is 16.3 Å². The first-order valence-electron chi connectivity index (χ1n) is 8.54. The van der Waals surface area contributed by atoms with Crippen LogP contribution in [0.2, 0.25) is 0 Å². The highest BCUT2D eigenvalue weighted by Gasteiger charge is 2.29. The number of nitrogens with one attached hydrogen (secondary N) is 1. The number of halogens is 5. The fraction of sp³-hybridized carbons (Fsp3) is 0.278. The number of ether oxygens (including phenoxy) is 2. The maximum Gasteiger partial charge on any atom is 0.383 e. The first kappa shape index (κ1) is 24.3. The molecule has 0 spiro atoms. The lowest BCUT2D eigenvalue weighted by atomic mass is 10.2. The number of benzene rings is 2. The number of carbonyl (C=O) groups is 1. The molecule has 0 aliphatic heterocycles. The van der Waals surface area contributed by atoms with Crippen molar-refractivity contribution < 1.29 is 48.8 Å². The molecule has 0 unspecified atom stereocenters. The second kappa shape index (κ2) is 9.47. The van der Waals surface area contributed by atoms with Crippen molar-refractivity contribution in [1.29, 1.82) is 0 Å². The molecule has 2 rings (SSSR count). The molecule has 0 aromatic heterocycles. The van der Waals surface area contributed by atoms with E-state index in [9.17, 15) is 35.2 Å². The minimum atomic E-state index is -4.70. The Morgan fingerprint density at radius 2 is 1.35 bits per heavy atom. The van der Waals surface area contributed by atoms with Gasteiger partial charge in [-0.15, -0.1) is 0 Å². The molecule has 0 amide bonds. The van der Waals surface area contributed by atoms with Crippen molar-refractivity contribution in [2.75, 3.05) is 0 Å². The largest absolute Gasteiger partial charge is 0.462 e. The van der Waals surface area contributed by atoms with E-state index in [-0.39, 0.29) is 0 Å². The van der Waals surface area contributed by atoms with Gasteiger partial charge in [0.1, 0.15) is 6.04 Å². The lowest BCUT2D eigenvalue weighted by Gasteiger charge is -2.17. The maximum atomic E-state index is 13.9. The summed E-state index contributed by atoms with van der Waals surface area (Å²) in [6.07, 6.45) is -0.518. The van der Waals surface area contributed by atoms with Crippen LogP contribution in [0, 0.1) is 29.1 Å². The summed E-state index contributed by atoms with van der Waals surface area (Å²) in [6.45, 7) is 4.26. The molecule has 31 heavy (non-hydrogen) atoms. The number of rotatable bonds is 8. The maximum absolute atomic E-state index is 13.9. The summed E-state index contributed by atoms with van der Waals surface area (Å²) in [5, 5.41) is 0. The Balaban J connectivity index is 2.31. The highest BCUT2D eigenvalue weighted by atomic mass is 32.2. The van der Waals surface area contributed by atoms with Crippen LogP contribution in [0.1, 0.15) is 20.8 Å². The van der Waals surface area contributed by atoms with Gasteiger partial charge in [0.15, 0.2) is 11.5 Å². The van der Waals surface area contributed by atoms with Gasteiger partial charge in [-0.05, 0) is 32.9 Å². The van der Waals surface area contributed by atoms with E-state index < -0.39 is 74.8 Å². The summed E-state index contributed by atoms with van der Waals surface area (Å²) in [5.41, 5.74) is 0. The molecular formula is C18H16F5NO6S. The Hall–Kier alpha value is -2.93. The molecular weight excluding hydrogens is 453 g/mol. The van der Waals surface area contributed by atoms with E-state index >= 15 is 0 Å². The van der Waals surface area contributed by atoms with Crippen LogP contribution in [0.4, 0.5) is 22.0 Å². The zero-order chi connectivity index (χ0) is 23.5. The van der Waals surface area contributed by atoms with Crippen molar-refractivity contribution >= 4 is 16.3 Å². The molecule has 2 aromatic carbocycles. The van der Waals surface area contributed by atoms with Gasteiger partial charge in [0, 0.05) is 0 Å². The van der Waals surface area contributed by atoms with Crippen molar-refractivity contribution in [2.24, 2.45) is 0 Å². The summed E-state index contributed by atoms with van der Waals surface area (Å²) in [4.78, 5) is 11.7.